The molecule has 6 nitrogen and oxygen atoms in total. The van der Waals surface area contributed by atoms with Gasteiger partial charge < -0.3 is 20.0 Å². The smallest absolute Gasteiger partial charge is 0.321 e. The Labute approximate surface area is 180 Å². The Morgan fingerprint density at radius 3 is 2.65 bits per heavy atom. The monoisotopic (exact) mass is 423 g/mol. The number of furan rings is 1. The fourth-order valence-corrected chi connectivity index (χ4v) is 3.99. The van der Waals surface area contributed by atoms with Gasteiger partial charge in [-0.3, -0.25) is 4.79 Å². The van der Waals surface area contributed by atoms with Crippen LogP contribution in [0.1, 0.15) is 29.7 Å². The number of anilines is 1. The lowest BCUT2D eigenvalue weighted by molar-refractivity contribution is -0.126. The molecule has 1 aliphatic heterocycles. The third kappa shape index (κ3) is 4.71. The Kier molecular flexibility index (Phi) is 5.93. The fourth-order valence-electron chi connectivity index (χ4n) is 3.99. The lowest BCUT2D eigenvalue weighted by Gasteiger charge is -2.31. The van der Waals surface area contributed by atoms with Gasteiger partial charge in [-0.25, -0.2) is 9.18 Å². The van der Waals surface area contributed by atoms with E-state index in [2.05, 4.69) is 10.6 Å². The van der Waals surface area contributed by atoms with Crippen molar-refractivity contribution in [3.63, 3.8) is 0 Å². The second-order valence-electron chi connectivity index (χ2n) is 8.07. The van der Waals surface area contributed by atoms with Gasteiger partial charge in [0.15, 0.2) is 0 Å². The summed E-state index contributed by atoms with van der Waals surface area (Å²) in [6.45, 7) is 5.15. The van der Waals surface area contributed by atoms with Gasteiger partial charge in [0, 0.05) is 35.6 Å². The third-order valence-corrected chi connectivity index (χ3v) is 5.84. The minimum Gasteiger partial charge on any atom is -0.459 e. The zero-order valence-corrected chi connectivity index (χ0v) is 17.7. The van der Waals surface area contributed by atoms with Gasteiger partial charge in [-0.1, -0.05) is 12.1 Å². The maximum atomic E-state index is 13.5. The van der Waals surface area contributed by atoms with E-state index in [4.69, 9.17) is 4.42 Å². The van der Waals surface area contributed by atoms with E-state index in [0.29, 0.717) is 37.3 Å². The molecule has 4 rings (SSSR count). The number of nitrogens with one attached hydrogen (secondary N) is 2. The van der Waals surface area contributed by atoms with Crippen LogP contribution >= 0.6 is 0 Å². The van der Waals surface area contributed by atoms with Crippen molar-refractivity contribution in [2.45, 2.75) is 33.2 Å². The Bertz CT molecular complexity index is 1120. The van der Waals surface area contributed by atoms with Crippen LogP contribution < -0.4 is 10.6 Å². The minimum absolute atomic E-state index is 0.0511. The fraction of sp³-hybridized carbons (Fsp3) is 0.333. The quantitative estimate of drug-likeness (QED) is 0.636. The summed E-state index contributed by atoms with van der Waals surface area (Å²) in [7, 11) is 0. The Hall–Kier alpha value is -3.35. The maximum Gasteiger partial charge on any atom is 0.321 e. The Morgan fingerprint density at radius 1 is 1.13 bits per heavy atom. The van der Waals surface area contributed by atoms with Crippen LogP contribution in [0, 0.1) is 25.6 Å². The highest BCUT2D eigenvalue weighted by molar-refractivity contribution is 5.89. The molecule has 3 aromatic rings. The van der Waals surface area contributed by atoms with E-state index in [1.54, 1.807) is 11.0 Å². The summed E-state index contributed by atoms with van der Waals surface area (Å²) in [4.78, 5) is 26.9. The molecule has 7 heteroatoms. The average Bonchev–Trinajstić information content (AvgIpc) is 3.07. The first-order chi connectivity index (χ1) is 14.9. The Morgan fingerprint density at radius 2 is 1.90 bits per heavy atom. The van der Waals surface area contributed by atoms with Crippen molar-refractivity contribution < 1.29 is 18.4 Å². The molecular formula is C24H26FN3O3. The molecule has 2 N–H and O–H groups in total. The molecule has 1 fully saturated rings. The van der Waals surface area contributed by atoms with Crippen LogP contribution in [0.5, 0.6) is 0 Å². The molecule has 31 heavy (non-hydrogen) atoms. The second-order valence-corrected chi connectivity index (χ2v) is 8.07. The lowest BCUT2D eigenvalue weighted by Crippen LogP contribution is -2.44. The molecule has 0 bridgehead atoms. The molecular weight excluding hydrogens is 397 g/mol. The summed E-state index contributed by atoms with van der Waals surface area (Å²) in [5, 5.41) is 6.56. The number of urea groups is 1. The predicted molar refractivity (Wildman–Crippen MR) is 117 cm³/mol. The third-order valence-electron chi connectivity index (χ3n) is 5.84. The topological polar surface area (TPSA) is 74.6 Å². The number of rotatable bonds is 4. The van der Waals surface area contributed by atoms with Crippen molar-refractivity contribution >= 4 is 28.6 Å². The van der Waals surface area contributed by atoms with Crippen LogP contribution in [0.3, 0.4) is 0 Å². The van der Waals surface area contributed by atoms with E-state index in [1.165, 1.54) is 12.1 Å². The summed E-state index contributed by atoms with van der Waals surface area (Å²) in [5.41, 5.74) is 3.29. The van der Waals surface area contributed by atoms with Crippen molar-refractivity contribution in [2.24, 2.45) is 5.92 Å². The summed E-state index contributed by atoms with van der Waals surface area (Å²) in [6.07, 6.45) is 1.22. The lowest BCUT2D eigenvalue weighted by atomic mass is 9.96. The summed E-state index contributed by atoms with van der Waals surface area (Å²) >= 11 is 0. The second kappa shape index (κ2) is 8.79. The molecule has 0 atom stereocenters. The van der Waals surface area contributed by atoms with E-state index in [1.807, 2.05) is 38.1 Å². The van der Waals surface area contributed by atoms with Crippen LogP contribution in [0.4, 0.5) is 14.9 Å². The van der Waals surface area contributed by atoms with Crippen LogP contribution in [0.15, 0.2) is 46.9 Å². The first-order valence-corrected chi connectivity index (χ1v) is 10.5. The molecule has 1 aromatic heterocycles. The molecule has 1 saturated heterocycles. The maximum absolute atomic E-state index is 13.5. The van der Waals surface area contributed by atoms with Gasteiger partial charge in [-0.05, 0) is 62.6 Å². The zero-order valence-electron chi connectivity index (χ0n) is 17.7. The van der Waals surface area contributed by atoms with Crippen molar-refractivity contribution in [3.8, 4) is 0 Å². The largest absolute Gasteiger partial charge is 0.459 e. The van der Waals surface area contributed by atoms with E-state index >= 15 is 0 Å². The number of hydrogen-bond acceptors (Lipinski definition) is 3. The van der Waals surface area contributed by atoms with Crippen LogP contribution in [-0.4, -0.2) is 29.9 Å². The van der Waals surface area contributed by atoms with Crippen LogP contribution in [0.25, 0.3) is 11.0 Å². The van der Waals surface area contributed by atoms with Crippen molar-refractivity contribution in [3.05, 3.63) is 65.2 Å². The van der Waals surface area contributed by atoms with Gasteiger partial charge in [0.2, 0.25) is 5.91 Å². The van der Waals surface area contributed by atoms with E-state index in [0.717, 1.165) is 22.2 Å². The molecule has 0 radical (unpaired) electrons. The zero-order chi connectivity index (χ0) is 22.0. The summed E-state index contributed by atoms with van der Waals surface area (Å²) in [5.74, 6) is 0.115. The number of carbonyl (C=O) groups is 2. The van der Waals surface area contributed by atoms with Gasteiger partial charge in [0.1, 0.15) is 17.2 Å². The average molecular weight is 423 g/mol. The summed E-state index contributed by atoms with van der Waals surface area (Å²) < 4.78 is 19.2. The van der Waals surface area contributed by atoms with Gasteiger partial charge in [0.05, 0.1) is 6.54 Å². The number of piperidine rings is 1. The molecule has 2 aromatic carbocycles. The molecule has 0 aliphatic carbocycles. The predicted octanol–water partition coefficient (Wildman–Crippen LogP) is 4.75. The van der Waals surface area contributed by atoms with E-state index in [9.17, 15) is 14.0 Å². The minimum atomic E-state index is -0.315. The highest BCUT2D eigenvalue weighted by Gasteiger charge is 2.27. The number of fused-ring (bicyclic) bond motifs is 1. The summed E-state index contributed by atoms with van der Waals surface area (Å²) in [6, 6.07) is 11.9. The van der Waals surface area contributed by atoms with Crippen molar-refractivity contribution in [1.82, 2.24) is 10.2 Å². The number of carbonyl (C=O) groups excluding carboxylic acids is 2. The molecule has 0 spiro atoms. The number of halogens is 1. The first-order valence-electron chi connectivity index (χ1n) is 10.5. The normalized spacial score (nSPS) is 14.6. The highest BCUT2D eigenvalue weighted by atomic mass is 19.1. The molecule has 0 unspecified atom stereocenters. The van der Waals surface area contributed by atoms with Gasteiger partial charge in [-0.15, -0.1) is 0 Å². The standard InChI is InChI=1S/C24H26FN3O3/c1-15-4-3-5-19(12-15)27-24(30)28-10-8-17(9-11-28)23(29)26-14-22-16(2)20-13-18(25)6-7-21(20)31-22/h3-7,12-13,17H,8-11,14H2,1-2H3,(H,26,29)(H,27,30). The molecule has 0 saturated carbocycles. The molecule has 3 amide bonds. The Balaban J connectivity index is 1.28. The van der Waals surface area contributed by atoms with E-state index < -0.39 is 0 Å². The highest BCUT2D eigenvalue weighted by Crippen LogP contribution is 2.26. The van der Waals surface area contributed by atoms with Crippen molar-refractivity contribution in [2.75, 3.05) is 18.4 Å². The van der Waals surface area contributed by atoms with Crippen LogP contribution in [0.2, 0.25) is 0 Å². The number of amides is 3. The number of aryl methyl sites for hydroxylation is 2. The van der Waals surface area contributed by atoms with Gasteiger partial charge in [-0.2, -0.15) is 0 Å². The molecule has 1 aliphatic rings. The number of likely N-dealkylation sites (tertiary alicyclic amines) is 1. The van der Waals surface area contributed by atoms with Crippen LogP contribution in [-0.2, 0) is 11.3 Å². The SMILES string of the molecule is Cc1cccc(NC(=O)N2CCC(C(=O)NCc3oc4ccc(F)cc4c3C)CC2)c1. The van der Waals surface area contributed by atoms with Crippen molar-refractivity contribution in [1.29, 1.82) is 0 Å². The number of benzene rings is 2. The van der Waals surface area contributed by atoms with Gasteiger partial charge in [0.25, 0.3) is 0 Å². The van der Waals surface area contributed by atoms with E-state index in [-0.39, 0.29) is 30.2 Å². The molecule has 2 heterocycles. The number of nitrogens with zero attached hydrogens (tertiary/aromatic N) is 1. The molecule has 162 valence electrons. The number of hydrogen-bond donors (Lipinski definition) is 2. The first kappa shape index (κ1) is 20.9. The van der Waals surface area contributed by atoms with Gasteiger partial charge >= 0.3 is 6.03 Å².